The molecule has 9 aromatic rings. The van der Waals surface area contributed by atoms with Crippen molar-refractivity contribution in [1.29, 1.82) is 0 Å². The summed E-state index contributed by atoms with van der Waals surface area (Å²) in [4.78, 5) is 7.95. The highest BCUT2D eigenvalue weighted by molar-refractivity contribution is 6.11. The molecule has 0 amide bonds. The summed E-state index contributed by atoms with van der Waals surface area (Å²) in [5.41, 5.74) is 12.7. The van der Waals surface area contributed by atoms with Gasteiger partial charge in [0.1, 0.15) is 17.0 Å². The molecule has 10 rings (SSSR count). The maximum atomic E-state index is 6.47. The molecule has 0 bridgehead atoms. The van der Waals surface area contributed by atoms with Crippen LogP contribution in [0.3, 0.4) is 0 Å². The van der Waals surface area contributed by atoms with E-state index in [0.29, 0.717) is 0 Å². The smallest absolute Gasteiger partial charge is 0.138 e. The SMILES string of the molecule is CCCCCCCCC1(CCCCCCCC)c2ccccc2N(c2cccc(-c3ccc4oc5ccc(-n6c7ccccc7c7ccccc76)cc5c4c3)n2)c2ccccc21. The van der Waals surface area contributed by atoms with Gasteiger partial charge >= 0.3 is 0 Å². The third kappa shape index (κ3) is 7.27. The molecule has 0 fully saturated rings. The zero-order valence-corrected chi connectivity index (χ0v) is 36.6. The molecule has 4 nitrogen and oxygen atoms in total. The van der Waals surface area contributed by atoms with Gasteiger partial charge in [0.15, 0.2) is 0 Å². The molecule has 4 heterocycles. The number of pyridine rings is 1. The molecule has 0 saturated heterocycles. The fourth-order valence-corrected chi connectivity index (χ4v) is 10.7. The second-order valence-corrected chi connectivity index (χ2v) is 17.7. The number of rotatable bonds is 17. The lowest BCUT2D eigenvalue weighted by Crippen LogP contribution is -2.36. The molecule has 0 unspecified atom stereocenters. The minimum Gasteiger partial charge on any atom is -0.456 e. The van der Waals surface area contributed by atoms with Crippen LogP contribution in [0.5, 0.6) is 0 Å². The first-order valence-electron chi connectivity index (χ1n) is 23.6. The van der Waals surface area contributed by atoms with Crippen LogP contribution in [-0.2, 0) is 5.41 Å². The first kappa shape index (κ1) is 40.0. The van der Waals surface area contributed by atoms with Gasteiger partial charge in [0.05, 0.1) is 28.1 Å². The molecule has 1 aliphatic heterocycles. The number of benzene rings is 6. The number of hydrogen-bond donors (Lipinski definition) is 0. The Kier molecular flexibility index (Phi) is 11.4. The summed E-state index contributed by atoms with van der Waals surface area (Å²) >= 11 is 0. The maximum Gasteiger partial charge on any atom is 0.138 e. The summed E-state index contributed by atoms with van der Waals surface area (Å²) in [6.45, 7) is 4.62. The van der Waals surface area contributed by atoms with Crippen molar-refractivity contribution in [3.63, 3.8) is 0 Å². The van der Waals surface area contributed by atoms with Crippen LogP contribution in [0, 0.1) is 0 Å². The van der Waals surface area contributed by atoms with Gasteiger partial charge in [-0.3, -0.25) is 4.90 Å². The van der Waals surface area contributed by atoms with E-state index >= 15 is 0 Å². The van der Waals surface area contributed by atoms with Gasteiger partial charge in [-0.05, 0) is 96.8 Å². The van der Waals surface area contributed by atoms with E-state index in [1.807, 2.05) is 0 Å². The van der Waals surface area contributed by atoms with Crippen LogP contribution in [0.2, 0.25) is 0 Å². The molecular formula is C58H59N3O. The van der Waals surface area contributed by atoms with Gasteiger partial charge in [-0.2, -0.15) is 0 Å². The van der Waals surface area contributed by atoms with Crippen LogP contribution in [0.1, 0.15) is 115 Å². The number of para-hydroxylation sites is 4. The molecule has 0 N–H and O–H groups in total. The number of hydrogen-bond acceptors (Lipinski definition) is 3. The fraction of sp³-hybridized carbons (Fsp3) is 0.293. The summed E-state index contributed by atoms with van der Waals surface area (Å²) in [7, 11) is 0. The zero-order valence-electron chi connectivity index (χ0n) is 36.6. The number of aromatic nitrogens is 2. The number of anilines is 3. The Labute approximate surface area is 367 Å². The lowest BCUT2D eigenvalue weighted by Gasteiger charge is -2.46. The van der Waals surface area contributed by atoms with Gasteiger partial charge < -0.3 is 8.98 Å². The predicted molar refractivity (Wildman–Crippen MR) is 263 cm³/mol. The molecule has 6 aromatic carbocycles. The third-order valence-corrected chi connectivity index (χ3v) is 13.8. The van der Waals surface area contributed by atoms with E-state index < -0.39 is 0 Å². The molecule has 0 aliphatic carbocycles. The van der Waals surface area contributed by atoms with Crippen molar-refractivity contribution in [3.8, 4) is 16.9 Å². The van der Waals surface area contributed by atoms with E-state index in [0.717, 1.165) is 44.7 Å². The maximum absolute atomic E-state index is 6.47. The van der Waals surface area contributed by atoms with Crippen molar-refractivity contribution < 1.29 is 4.42 Å². The molecule has 1 aliphatic rings. The van der Waals surface area contributed by atoms with Crippen LogP contribution in [0.25, 0.3) is 60.7 Å². The monoisotopic (exact) mass is 813 g/mol. The number of nitrogens with zero attached hydrogens (tertiary/aromatic N) is 3. The molecule has 4 heteroatoms. The summed E-state index contributed by atoms with van der Waals surface area (Å²) < 4.78 is 8.85. The lowest BCUT2D eigenvalue weighted by atomic mass is 9.65. The van der Waals surface area contributed by atoms with Crippen molar-refractivity contribution in [2.75, 3.05) is 4.90 Å². The third-order valence-electron chi connectivity index (χ3n) is 13.8. The van der Waals surface area contributed by atoms with E-state index in [-0.39, 0.29) is 5.41 Å². The van der Waals surface area contributed by atoms with E-state index in [2.05, 4.69) is 175 Å². The summed E-state index contributed by atoms with van der Waals surface area (Å²) in [6.07, 6.45) is 18.1. The summed E-state index contributed by atoms with van der Waals surface area (Å²) in [5.74, 6) is 0.945. The van der Waals surface area contributed by atoms with Gasteiger partial charge in [-0.1, -0.05) is 170 Å². The Bertz CT molecular complexity index is 2870. The van der Waals surface area contributed by atoms with Gasteiger partial charge in [-0.25, -0.2) is 4.98 Å². The molecule has 62 heavy (non-hydrogen) atoms. The standard InChI is InChI=1S/C58H59N3O/c1-3-5-7-9-11-21-38-58(39-22-12-10-8-6-4-2)48-26-15-19-31-53(48)61(54-32-20-16-27-49(54)58)57-33-23-28-50(59-57)42-34-36-55-46(40-42)47-41-43(35-37-56(47)62-55)60-51-29-17-13-24-44(51)45-25-14-18-30-52(45)60/h13-20,23-37,40-41H,3-12,21-22,38-39H2,1-2H3. The Morgan fingerprint density at radius 2 is 1.00 bits per heavy atom. The highest BCUT2D eigenvalue weighted by atomic mass is 16.3. The Hall–Kier alpha value is -6.13. The minimum atomic E-state index is -0.0255. The van der Waals surface area contributed by atoms with Gasteiger partial charge in [-0.15, -0.1) is 0 Å². The largest absolute Gasteiger partial charge is 0.456 e. The Morgan fingerprint density at radius 3 is 1.63 bits per heavy atom. The minimum absolute atomic E-state index is 0.0255. The topological polar surface area (TPSA) is 34.2 Å². The molecule has 0 atom stereocenters. The second kappa shape index (κ2) is 17.7. The van der Waals surface area contributed by atoms with E-state index in [9.17, 15) is 0 Å². The second-order valence-electron chi connectivity index (χ2n) is 17.7. The quantitative estimate of drug-likeness (QED) is 0.0859. The van der Waals surface area contributed by atoms with Gasteiger partial charge in [0, 0.05) is 38.2 Å². The van der Waals surface area contributed by atoms with Crippen LogP contribution in [0.15, 0.2) is 156 Å². The van der Waals surface area contributed by atoms with E-state index in [1.54, 1.807) is 0 Å². The zero-order chi connectivity index (χ0) is 41.9. The van der Waals surface area contributed by atoms with Crippen LogP contribution >= 0.6 is 0 Å². The highest BCUT2D eigenvalue weighted by Crippen LogP contribution is 2.56. The molecular weight excluding hydrogens is 755 g/mol. The van der Waals surface area contributed by atoms with Crippen molar-refractivity contribution in [2.24, 2.45) is 0 Å². The molecule has 3 aromatic heterocycles. The molecule has 0 spiro atoms. The van der Waals surface area contributed by atoms with Crippen LogP contribution < -0.4 is 4.90 Å². The van der Waals surface area contributed by atoms with Crippen molar-refractivity contribution >= 4 is 60.9 Å². The number of fused-ring (bicyclic) bond motifs is 8. The van der Waals surface area contributed by atoms with E-state index in [1.165, 1.54) is 134 Å². The highest BCUT2D eigenvalue weighted by Gasteiger charge is 2.43. The van der Waals surface area contributed by atoms with Crippen LogP contribution in [-0.4, -0.2) is 9.55 Å². The van der Waals surface area contributed by atoms with E-state index in [4.69, 9.17) is 9.40 Å². The Balaban J connectivity index is 1.03. The molecule has 0 radical (unpaired) electrons. The first-order valence-corrected chi connectivity index (χ1v) is 23.6. The van der Waals surface area contributed by atoms with Crippen molar-refractivity contribution in [3.05, 3.63) is 163 Å². The average molecular weight is 814 g/mol. The summed E-state index contributed by atoms with van der Waals surface area (Å²) in [6, 6.07) is 55.6. The molecule has 0 saturated carbocycles. The number of unbranched alkanes of at least 4 members (excludes halogenated alkanes) is 10. The van der Waals surface area contributed by atoms with Crippen molar-refractivity contribution in [1.82, 2.24) is 9.55 Å². The Morgan fingerprint density at radius 1 is 0.468 bits per heavy atom. The summed E-state index contributed by atoms with van der Waals surface area (Å²) in [5, 5.41) is 4.71. The lowest BCUT2D eigenvalue weighted by molar-refractivity contribution is 0.388. The van der Waals surface area contributed by atoms with Gasteiger partial charge in [0.2, 0.25) is 0 Å². The van der Waals surface area contributed by atoms with Crippen LogP contribution in [0.4, 0.5) is 17.2 Å². The van der Waals surface area contributed by atoms with Crippen molar-refractivity contribution in [2.45, 2.75) is 109 Å². The average Bonchev–Trinajstić information content (AvgIpc) is 3.86. The number of furan rings is 1. The molecule has 312 valence electrons. The fourth-order valence-electron chi connectivity index (χ4n) is 10.7. The van der Waals surface area contributed by atoms with Gasteiger partial charge in [0.25, 0.3) is 0 Å². The normalized spacial score (nSPS) is 13.4. The predicted octanol–water partition coefficient (Wildman–Crippen LogP) is 17.3. The first-order chi connectivity index (χ1) is 30.7.